The summed E-state index contributed by atoms with van der Waals surface area (Å²) in [4.78, 5) is 17.5. The zero-order valence-electron chi connectivity index (χ0n) is 11.5. The summed E-state index contributed by atoms with van der Waals surface area (Å²) in [5.41, 5.74) is -1.12. The summed E-state index contributed by atoms with van der Waals surface area (Å²) < 4.78 is 26.6. The Morgan fingerprint density at radius 1 is 1.35 bits per heavy atom. The summed E-state index contributed by atoms with van der Waals surface area (Å²) in [6.07, 6.45) is 1.33. The summed E-state index contributed by atoms with van der Waals surface area (Å²) >= 11 is 5.74. The van der Waals surface area contributed by atoms with Crippen LogP contribution in [0.3, 0.4) is 0 Å². The van der Waals surface area contributed by atoms with Gasteiger partial charge >= 0.3 is 0 Å². The van der Waals surface area contributed by atoms with E-state index < -0.39 is 15.6 Å². The second kappa shape index (κ2) is 4.98. The average Bonchev–Trinajstić information content (AvgIpc) is 2.35. The van der Waals surface area contributed by atoms with Crippen molar-refractivity contribution in [2.75, 3.05) is 20.1 Å². The minimum atomic E-state index is -3.79. The van der Waals surface area contributed by atoms with Crippen molar-refractivity contribution in [3.05, 3.63) is 23.5 Å². The Bertz CT molecular complexity index is 645. The summed E-state index contributed by atoms with van der Waals surface area (Å²) in [5.74, 6) is -0.229. The molecule has 1 amide bonds. The number of amides is 1. The predicted molar refractivity (Wildman–Crippen MR) is 74.9 cm³/mol. The van der Waals surface area contributed by atoms with Crippen LogP contribution in [0, 0.1) is 0 Å². The number of likely N-dealkylation sites (N-methyl/N-ethyl adjacent to an activating group) is 1. The van der Waals surface area contributed by atoms with Crippen molar-refractivity contribution in [1.29, 1.82) is 0 Å². The molecule has 2 rings (SSSR count). The molecule has 1 saturated heterocycles. The molecule has 0 aliphatic carbocycles. The van der Waals surface area contributed by atoms with Crippen molar-refractivity contribution in [1.82, 2.24) is 14.2 Å². The molecule has 0 N–H and O–H groups in total. The van der Waals surface area contributed by atoms with Crippen LogP contribution in [0.25, 0.3) is 0 Å². The van der Waals surface area contributed by atoms with Crippen LogP contribution >= 0.6 is 11.6 Å². The van der Waals surface area contributed by atoms with Crippen LogP contribution in [0.5, 0.6) is 0 Å². The summed E-state index contributed by atoms with van der Waals surface area (Å²) in [6, 6.07) is 2.66. The van der Waals surface area contributed by atoms with Gasteiger partial charge in [-0.25, -0.2) is 13.4 Å². The van der Waals surface area contributed by atoms with Gasteiger partial charge in [0.05, 0.1) is 4.90 Å². The first-order valence-corrected chi connectivity index (χ1v) is 7.89. The van der Waals surface area contributed by atoms with E-state index in [-0.39, 0.29) is 22.5 Å². The van der Waals surface area contributed by atoms with Crippen molar-refractivity contribution in [2.45, 2.75) is 24.3 Å². The van der Waals surface area contributed by atoms with E-state index in [1.807, 2.05) is 0 Å². The highest BCUT2D eigenvalue weighted by atomic mass is 35.5. The lowest BCUT2D eigenvalue weighted by Crippen LogP contribution is -2.63. The molecular weight excluding hydrogens is 302 g/mol. The van der Waals surface area contributed by atoms with Gasteiger partial charge in [0.2, 0.25) is 15.9 Å². The number of halogens is 1. The lowest BCUT2D eigenvalue weighted by molar-refractivity contribution is -0.142. The van der Waals surface area contributed by atoms with E-state index in [4.69, 9.17) is 11.6 Å². The smallest absolute Gasteiger partial charge is 0.244 e. The Balaban J connectivity index is 2.47. The number of pyridine rings is 1. The Morgan fingerprint density at radius 3 is 2.60 bits per heavy atom. The van der Waals surface area contributed by atoms with Gasteiger partial charge in [-0.2, -0.15) is 4.31 Å². The highest BCUT2D eigenvalue weighted by molar-refractivity contribution is 7.89. The maximum absolute atomic E-state index is 12.7. The molecule has 1 fully saturated rings. The van der Waals surface area contributed by atoms with Gasteiger partial charge in [-0.1, -0.05) is 11.6 Å². The third-order valence-electron chi connectivity index (χ3n) is 3.42. The maximum atomic E-state index is 12.7. The van der Waals surface area contributed by atoms with Crippen LogP contribution in [0.2, 0.25) is 5.15 Å². The molecular formula is C12H16ClN3O3S. The Kier molecular flexibility index (Phi) is 3.79. The highest BCUT2D eigenvalue weighted by Crippen LogP contribution is 2.29. The van der Waals surface area contributed by atoms with Crippen LogP contribution in [-0.2, 0) is 14.8 Å². The Labute approximate surface area is 123 Å². The minimum Gasteiger partial charge on any atom is -0.343 e. The average molecular weight is 318 g/mol. The normalized spacial score (nSPS) is 20.2. The predicted octanol–water partition coefficient (Wildman–Crippen LogP) is 0.976. The Morgan fingerprint density at radius 2 is 2.00 bits per heavy atom. The molecule has 0 saturated carbocycles. The molecule has 0 bridgehead atoms. The monoisotopic (exact) mass is 317 g/mol. The van der Waals surface area contributed by atoms with Crippen molar-refractivity contribution in [3.63, 3.8) is 0 Å². The second-order valence-corrected chi connectivity index (χ2v) is 7.43. The SMILES string of the molecule is CN1CCN(S(=O)(=O)c2ccnc(Cl)c2)C(C)(C)C1=O. The van der Waals surface area contributed by atoms with Crippen molar-refractivity contribution in [3.8, 4) is 0 Å². The number of aromatic nitrogens is 1. The second-order valence-electron chi connectivity index (χ2n) is 5.18. The third kappa shape index (κ3) is 2.41. The molecule has 2 heterocycles. The molecule has 1 aliphatic heterocycles. The number of carbonyl (C=O) groups excluding carboxylic acids is 1. The topological polar surface area (TPSA) is 70.6 Å². The first kappa shape index (κ1) is 15.2. The van der Waals surface area contributed by atoms with Crippen molar-refractivity contribution < 1.29 is 13.2 Å². The number of hydrogen-bond acceptors (Lipinski definition) is 4. The molecule has 0 atom stereocenters. The summed E-state index contributed by atoms with van der Waals surface area (Å²) in [7, 11) is -2.12. The lowest BCUT2D eigenvalue weighted by Gasteiger charge is -2.43. The highest BCUT2D eigenvalue weighted by Gasteiger charge is 2.46. The first-order valence-electron chi connectivity index (χ1n) is 6.07. The number of nitrogens with zero attached hydrogens (tertiary/aromatic N) is 3. The van der Waals surface area contributed by atoms with E-state index in [2.05, 4.69) is 4.98 Å². The van der Waals surface area contributed by atoms with E-state index >= 15 is 0 Å². The van der Waals surface area contributed by atoms with E-state index in [1.165, 1.54) is 27.5 Å². The van der Waals surface area contributed by atoms with Gasteiger partial charge in [0.15, 0.2) is 0 Å². The van der Waals surface area contributed by atoms with Crippen molar-refractivity contribution in [2.24, 2.45) is 0 Å². The van der Waals surface area contributed by atoms with Crippen LogP contribution in [0.15, 0.2) is 23.2 Å². The quantitative estimate of drug-likeness (QED) is 0.762. The number of carbonyl (C=O) groups is 1. The molecule has 0 unspecified atom stereocenters. The number of piperazine rings is 1. The van der Waals surface area contributed by atoms with Crippen LogP contribution in [0.1, 0.15) is 13.8 Å². The molecule has 0 radical (unpaired) electrons. The zero-order chi connectivity index (χ0) is 15.1. The van der Waals surface area contributed by atoms with Crippen LogP contribution in [0.4, 0.5) is 0 Å². The van der Waals surface area contributed by atoms with Crippen LogP contribution in [-0.4, -0.2) is 54.2 Å². The van der Waals surface area contributed by atoms with E-state index in [0.29, 0.717) is 6.54 Å². The van der Waals surface area contributed by atoms with E-state index in [0.717, 1.165) is 0 Å². The molecule has 8 heteroatoms. The largest absolute Gasteiger partial charge is 0.343 e. The van der Waals surface area contributed by atoms with Gasteiger partial charge in [-0.15, -0.1) is 0 Å². The lowest BCUT2D eigenvalue weighted by atomic mass is 10.0. The van der Waals surface area contributed by atoms with E-state index in [9.17, 15) is 13.2 Å². The molecule has 1 aromatic rings. The molecule has 110 valence electrons. The summed E-state index contributed by atoms with van der Waals surface area (Å²) in [5, 5.41) is 0.101. The summed E-state index contributed by atoms with van der Waals surface area (Å²) in [6.45, 7) is 3.81. The fraction of sp³-hybridized carbons (Fsp3) is 0.500. The molecule has 6 nitrogen and oxygen atoms in total. The Hall–Kier alpha value is -1.18. The van der Waals surface area contributed by atoms with Gasteiger partial charge < -0.3 is 4.90 Å². The number of hydrogen-bond donors (Lipinski definition) is 0. The van der Waals surface area contributed by atoms with Crippen LogP contribution < -0.4 is 0 Å². The fourth-order valence-electron chi connectivity index (χ4n) is 2.29. The van der Waals surface area contributed by atoms with Gasteiger partial charge in [-0.05, 0) is 26.0 Å². The van der Waals surface area contributed by atoms with Gasteiger partial charge in [0, 0.05) is 26.3 Å². The molecule has 0 aromatic carbocycles. The van der Waals surface area contributed by atoms with Gasteiger partial charge in [0.25, 0.3) is 0 Å². The van der Waals surface area contributed by atoms with Gasteiger partial charge in [0.1, 0.15) is 10.7 Å². The van der Waals surface area contributed by atoms with E-state index in [1.54, 1.807) is 20.9 Å². The molecule has 1 aromatic heterocycles. The molecule has 20 heavy (non-hydrogen) atoms. The fourth-order valence-corrected chi connectivity index (χ4v) is 4.28. The molecule has 0 spiro atoms. The standard InChI is InChI=1S/C12H16ClN3O3S/c1-12(2)11(17)15(3)6-7-16(12)20(18,19)9-4-5-14-10(13)8-9/h4-5,8H,6-7H2,1-3H3. The number of rotatable bonds is 2. The van der Waals surface area contributed by atoms with Crippen molar-refractivity contribution >= 4 is 27.5 Å². The maximum Gasteiger partial charge on any atom is 0.244 e. The minimum absolute atomic E-state index is 0.0444. The third-order valence-corrected chi connectivity index (χ3v) is 5.69. The van der Waals surface area contributed by atoms with Gasteiger partial charge in [-0.3, -0.25) is 4.79 Å². The first-order chi connectivity index (χ1) is 9.17. The molecule has 1 aliphatic rings. The number of sulfonamides is 1. The zero-order valence-corrected chi connectivity index (χ0v) is 13.1.